The number of hydrogen-bond acceptors (Lipinski definition) is 6. The van der Waals surface area contributed by atoms with Crippen molar-refractivity contribution in [3.63, 3.8) is 0 Å². The van der Waals surface area contributed by atoms with Gasteiger partial charge in [-0.05, 0) is 25.9 Å². The second-order valence-corrected chi connectivity index (χ2v) is 5.85. The topological polar surface area (TPSA) is 95.1 Å². The maximum Gasteiger partial charge on any atom is 0.358 e. The summed E-state index contributed by atoms with van der Waals surface area (Å²) in [5, 5.41) is 18.5. The van der Waals surface area contributed by atoms with E-state index < -0.39 is 23.0 Å². The quantitative estimate of drug-likeness (QED) is 0.868. The lowest BCUT2D eigenvalue weighted by Crippen LogP contribution is -2.18. The third kappa shape index (κ3) is 2.16. The number of aromatic nitrogens is 2. The molecule has 2 aromatic rings. The Morgan fingerprint density at radius 1 is 1.40 bits per heavy atom. The molecule has 3 heterocycles. The van der Waals surface area contributed by atoms with Crippen molar-refractivity contribution in [1.29, 1.82) is 0 Å². The van der Waals surface area contributed by atoms with Crippen LogP contribution < -0.4 is 5.56 Å². The van der Waals surface area contributed by atoms with Crippen molar-refractivity contribution in [2.75, 3.05) is 13.1 Å². The molecule has 0 radical (unpaired) electrons. The van der Waals surface area contributed by atoms with Gasteiger partial charge in [-0.1, -0.05) is 11.3 Å². The molecule has 20 heavy (non-hydrogen) atoms. The molecule has 7 nitrogen and oxygen atoms in total. The number of carboxylic acid groups (broad SMARTS) is 1. The van der Waals surface area contributed by atoms with E-state index in [-0.39, 0.29) is 0 Å². The molecule has 2 aromatic heterocycles. The Balaban J connectivity index is 2.04. The van der Waals surface area contributed by atoms with E-state index >= 15 is 0 Å². The van der Waals surface area contributed by atoms with E-state index in [4.69, 9.17) is 5.11 Å². The maximum absolute atomic E-state index is 11.9. The highest BCUT2D eigenvalue weighted by molar-refractivity contribution is 7.17. The van der Waals surface area contributed by atoms with Crippen LogP contribution in [-0.2, 0) is 6.54 Å². The van der Waals surface area contributed by atoms with E-state index in [1.165, 1.54) is 28.6 Å². The zero-order chi connectivity index (χ0) is 14.3. The minimum atomic E-state index is -1.41. The van der Waals surface area contributed by atoms with Crippen molar-refractivity contribution in [1.82, 2.24) is 14.3 Å². The summed E-state index contributed by atoms with van der Waals surface area (Å²) < 4.78 is 1.21. The third-order valence-electron chi connectivity index (χ3n) is 3.34. The Hall–Kier alpha value is -1.93. The fraction of sp³-hybridized carbons (Fsp3) is 0.417. The van der Waals surface area contributed by atoms with Gasteiger partial charge >= 0.3 is 11.5 Å². The molecular weight excluding hydrogens is 282 g/mol. The average molecular weight is 295 g/mol. The summed E-state index contributed by atoms with van der Waals surface area (Å²) in [5.41, 5.74) is -1.33. The number of aromatic hydroxyl groups is 1. The highest BCUT2D eigenvalue weighted by Gasteiger charge is 2.20. The first-order valence-corrected chi connectivity index (χ1v) is 7.07. The predicted molar refractivity (Wildman–Crippen MR) is 72.5 cm³/mol. The summed E-state index contributed by atoms with van der Waals surface area (Å²) in [7, 11) is 0. The lowest BCUT2D eigenvalue weighted by molar-refractivity contribution is 0.0687. The molecule has 1 saturated heterocycles. The number of hydrogen-bond donors (Lipinski definition) is 2. The molecule has 0 unspecified atom stereocenters. The second-order valence-electron chi connectivity index (χ2n) is 4.75. The molecule has 2 N–H and O–H groups in total. The van der Waals surface area contributed by atoms with Crippen molar-refractivity contribution in [3.8, 4) is 5.75 Å². The molecule has 8 heteroatoms. The van der Waals surface area contributed by atoms with Gasteiger partial charge in [0.05, 0.1) is 0 Å². The molecule has 0 aromatic carbocycles. The van der Waals surface area contributed by atoms with Crippen molar-refractivity contribution in [2.45, 2.75) is 19.4 Å². The summed E-state index contributed by atoms with van der Waals surface area (Å²) in [4.78, 5) is 30.2. The number of aromatic carboxylic acids is 1. The van der Waals surface area contributed by atoms with Crippen LogP contribution in [0.1, 0.15) is 28.2 Å². The summed E-state index contributed by atoms with van der Waals surface area (Å²) >= 11 is 1.27. The van der Waals surface area contributed by atoms with E-state index in [0.717, 1.165) is 24.5 Å². The number of likely N-dealkylation sites (tertiary alicyclic amines) is 1. The molecule has 1 fully saturated rings. The van der Waals surface area contributed by atoms with Gasteiger partial charge < -0.3 is 10.2 Å². The highest BCUT2D eigenvalue weighted by Crippen LogP contribution is 2.21. The van der Waals surface area contributed by atoms with Gasteiger partial charge in [0.15, 0.2) is 10.7 Å². The van der Waals surface area contributed by atoms with Crippen LogP contribution in [0.5, 0.6) is 5.75 Å². The minimum Gasteiger partial charge on any atom is -0.501 e. The molecule has 0 amide bonds. The molecule has 3 rings (SSSR count). The van der Waals surface area contributed by atoms with E-state index in [1.807, 2.05) is 0 Å². The Morgan fingerprint density at radius 3 is 2.75 bits per heavy atom. The van der Waals surface area contributed by atoms with Crippen LogP contribution in [0.15, 0.2) is 11.0 Å². The van der Waals surface area contributed by atoms with Crippen molar-refractivity contribution in [2.24, 2.45) is 0 Å². The Labute approximate surface area is 117 Å². The van der Waals surface area contributed by atoms with Gasteiger partial charge in [-0.3, -0.25) is 14.1 Å². The van der Waals surface area contributed by atoms with Gasteiger partial charge in [0.2, 0.25) is 5.75 Å². The smallest absolute Gasteiger partial charge is 0.358 e. The van der Waals surface area contributed by atoms with Gasteiger partial charge in [-0.25, -0.2) is 9.78 Å². The number of thiazole rings is 1. The molecule has 0 atom stereocenters. The zero-order valence-corrected chi connectivity index (χ0v) is 11.4. The first-order chi connectivity index (χ1) is 9.56. The fourth-order valence-electron chi connectivity index (χ4n) is 2.36. The summed E-state index contributed by atoms with van der Waals surface area (Å²) in [6.07, 6.45) is 3.97. The Morgan fingerprint density at radius 2 is 2.10 bits per heavy atom. The van der Waals surface area contributed by atoms with Crippen molar-refractivity contribution in [3.05, 3.63) is 27.1 Å². The van der Waals surface area contributed by atoms with Crippen molar-refractivity contribution >= 4 is 22.3 Å². The largest absolute Gasteiger partial charge is 0.501 e. The van der Waals surface area contributed by atoms with Crippen LogP contribution in [0, 0.1) is 0 Å². The number of nitrogens with zero attached hydrogens (tertiary/aromatic N) is 3. The molecule has 0 aliphatic carbocycles. The van der Waals surface area contributed by atoms with Crippen LogP contribution in [0.4, 0.5) is 0 Å². The zero-order valence-electron chi connectivity index (χ0n) is 10.6. The molecule has 0 bridgehead atoms. The Bertz CT molecular complexity index is 730. The van der Waals surface area contributed by atoms with Gasteiger partial charge in [-0.2, -0.15) is 0 Å². The molecule has 0 saturated carbocycles. The summed E-state index contributed by atoms with van der Waals surface area (Å²) in [5.74, 6) is -2.22. The normalized spacial score (nSPS) is 16.0. The standard InChI is InChI=1S/C12H13N3O4S/c16-9-8(11(18)19)13-12-15(10(9)17)6-7(20-12)5-14-3-1-2-4-14/h6,16H,1-5H2,(H,18,19). The third-order valence-corrected chi connectivity index (χ3v) is 4.30. The van der Waals surface area contributed by atoms with Crippen LogP contribution in [0.25, 0.3) is 4.96 Å². The first kappa shape index (κ1) is 13.1. The minimum absolute atomic E-state index is 0.291. The van der Waals surface area contributed by atoms with E-state index in [1.54, 1.807) is 6.20 Å². The number of fused-ring (bicyclic) bond motifs is 1. The molecule has 1 aliphatic heterocycles. The maximum atomic E-state index is 11.9. The van der Waals surface area contributed by atoms with Crippen LogP contribution in [0.2, 0.25) is 0 Å². The van der Waals surface area contributed by atoms with E-state index in [0.29, 0.717) is 4.96 Å². The fourth-order valence-corrected chi connectivity index (χ4v) is 3.37. The van der Waals surface area contributed by atoms with E-state index in [2.05, 4.69) is 9.88 Å². The molecular formula is C12H13N3O4S. The predicted octanol–water partition coefficient (Wildman–Crippen LogP) is 0.756. The van der Waals surface area contributed by atoms with Gasteiger partial charge in [0, 0.05) is 17.6 Å². The van der Waals surface area contributed by atoms with Crippen LogP contribution >= 0.6 is 11.3 Å². The number of rotatable bonds is 3. The van der Waals surface area contributed by atoms with Crippen LogP contribution in [-0.4, -0.2) is 43.6 Å². The van der Waals surface area contributed by atoms with Gasteiger partial charge in [-0.15, -0.1) is 0 Å². The second kappa shape index (κ2) is 4.88. The monoisotopic (exact) mass is 295 g/mol. The lowest BCUT2D eigenvalue weighted by atomic mass is 10.4. The summed E-state index contributed by atoms with van der Waals surface area (Å²) in [6.45, 7) is 2.78. The Kier molecular flexibility index (Phi) is 3.19. The average Bonchev–Trinajstić information content (AvgIpc) is 3.03. The summed E-state index contributed by atoms with van der Waals surface area (Å²) in [6, 6.07) is 0. The number of carbonyl (C=O) groups is 1. The van der Waals surface area contributed by atoms with E-state index in [9.17, 15) is 14.7 Å². The molecule has 0 spiro atoms. The first-order valence-electron chi connectivity index (χ1n) is 6.26. The number of carboxylic acids is 1. The van der Waals surface area contributed by atoms with Crippen molar-refractivity contribution < 1.29 is 15.0 Å². The molecule has 1 aliphatic rings. The lowest BCUT2D eigenvalue weighted by Gasteiger charge is -2.11. The molecule has 106 valence electrons. The highest BCUT2D eigenvalue weighted by atomic mass is 32.1. The van der Waals surface area contributed by atoms with Gasteiger partial charge in [0.1, 0.15) is 0 Å². The van der Waals surface area contributed by atoms with Crippen LogP contribution in [0.3, 0.4) is 0 Å². The van der Waals surface area contributed by atoms with Gasteiger partial charge in [0.25, 0.3) is 0 Å². The SMILES string of the molecule is O=C(O)c1nc2sc(CN3CCCC3)cn2c(=O)c1O.